The van der Waals surface area contributed by atoms with Crippen LogP contribution in [0.4, 0.5) is 11.6 Å². The number of hydrogen-bond acceptors (Lipinski definition) is 4. The first-order valence-corrected chi connectivity index (χ1v) is 7.73. The van der Waals surface area contributed by atoms with Gasteiger partial charge in [0.25, 0.3) is 0 Å². The molecule has 0 aliphatic heterocycles. The van der Waals surface area contributed by atoms with Crippen LogP contribution in [-0.2, 0) is 12.8 Å². The lowest BCUT2D eigenvalue weighted by atomic mass is 9.87. The largest absolute Gasteiger partial charge is 0.383 e. The molecule has 0 radical (unpaired) electrons. The minimum absolute atomic E-state index is 0.319. The van der Waals surface area contributed by atoms with Gasteiger partial charge in [0.15, 0.2) is 0 Å². The van der Waals surface area contributed by atoms with Crippen molar-refractivity contribution in [1.29, 1.82) is 0 Å². The summed E-state index contributed by atoms with van der Waals surface area (Å²) in [6, 6.07) is 8.99. The molecule has 1 heterocycles. The summed E-state index contributed by atoms with van der Waals surface area (Å²) in [4.78, 5) is 8.55. The molecule has 1 aliphatic carbocycles. The van der Waals surface area contributed by atoms with E-state index in [0.29, 0.717) is 11.9 Å². The van der Waals surface area contributed by atoms with Crippen molar-refractivity contribution >= 4 is 11.6 Å². The van der Waals surface area contributed by atoms with Gasteiger partial charge < -0.3 is 11.1 Å². The fourth-order valence-electron chi connectivity index (χ4n) is 3.12. The van der Waals surface area contributed by atoms with E-state index in [0.717, 1.165) is 30.6 Å². The normalized spacial score (nSPS) is 17.3. The third kappa shape index (κ3) is 2.84. The zero-order chi connectivity index (χ0) is 14.7. The lowest BCUT2D eigenvalue weighted by Gasteiger charge is -2.27. The highest BCUT2D eigenvalue weighted by Gasteiger charge is 2.21. The molecule has 1 aromatic carbocycles. The van der Waals surface area contributed by atoms with E-state index in [1.807, 2.05) is 0 Å². The molecule has 4 heteroatoms. The third-order valence-corrected chi connectivity index (χ3v) is 4.16. The highest BCUT2D eigenvalue weighted by molar-refractivity contribution is 5.56. The Kier molecular flexibility index (Phi) is 4.04. The van der Waals surface area contributed by atoms with Gasteiger partial charge in [-0.25, -0.2) is 9.97 Å². The molecular weight excluding hydrogens is 260 g/mol. The Morgan fingerprint density at radius 2 is 2.14 bits per heavy atom. The fourth-order valence-corrected chi connectivity index (χ4v) is 3.12. The summed E-state index contributed by atoms with van der Waals surface area (Å²) in [5, 5.41) is 3.60. The highest BCUT2D eigenvalue weighted by Crippen LogP contribution is 2.33. The summed E-state index contributed by atoms with van der Waals surface area (Å²) in [6.45, 7) is 2.14. The van der Waals surface area contributed by atoms with Crippen LogP contribution in [-0.4, -0.2) is 9.97 Å². The maximum absolute atomic E-state index is 6.02. The molecule has 1 unspecified atom stereocenters. The first-order valence-electron chi connectivity index (χ1n) is 7.73. The van der Waals surface area contributed by atoms with Crippen molar-refractivity contribution in [3.8, 4) is 0 Å². The molecule has 1 aliphatic rings. The summed E-state index contributed by atoms with van der Waals surface area (Å²) in [5.74, 6) is 1.49. The minimum atomic E-state index is 0.319. The van der Waals surface area contributed by atoms with Crippen LogP contribution in [0.3, 0.4) is 0 Å². The Labute approximate surface area is 125 Å². The van der Waals surface area contributed by atoms with Gasteiger partial charge >= 0.3 is 0 Å². The predicted molar refractivity (Wildman–Crippen MR) is 86.2 cm³/mol. The number of nitrogens with two attached hydrogens (primary N) is 1. The highest BCUT2D eigenvalue weighted by atomic mass is 15.1. The maximum atomic E-state index is 6.02. The van der Waals surface area contributed by atoms with Gasteiger partial charge in [-0.15, -0.1) is 0 Å². The topological polar surface area (TPSA) is 63.8 Å². The van der Waals surface area contributed by atoms with Gasteiger partial charge in [0.2, 0.25) is 0 Å². The van der Waals surface area contributed by atoms with Crippen LogP contribution < -0.4 is 11.1 Å². The zero-order valence-electron chi connectivity index (χ0n) is 12.5. The van der Waals surface area contributed by atoms with Gasteiger partial charge in [0.05, 0.1) is 6.04 Å². The summed E-state index contributed by atoms with van der Waals surface area (Å²) in [6.07, 6.45) is 7.00. The first-order chi connectivity index (χ1) is 10.3. The predicted octanol–water partition coefficient (Wildman–Crippen LogP) is 3.50. The van der Waals surface area contributed by atoms with Gasteiger partial charge in [0, 0.05) is 5.56 Å². The van der Waals surface area contributed by atoms with Crippen LogP contribution in [0.5, 0.6) is 0 Å². The van der Waals surface area contributed by atoms with E-state index >= 15 is 0 Å². The van der Waals surface area contributed by atoms with E-state index in [9.17, 15) is 0 Å². The molecule has 1 aromatic heterocycles. The maximum Gasteiger partial charge on any atom is 0.135 e. The van der Waals surface area contributed by atoms with Crippen LogP contribution in [0, 0.1) is 0 Å². The molecule has 3 N–H and O–H groups in total. The smallest absolute Gasteiger partial charge is 0.135 e. The number of benzene rings is 1. The SMILES string of the molecule is CCCc1c(N)ncnc1NC1CCCc2ccccc21. The molecule has 0 spiro atoms. The van der Waals surface area contributed by atoms with Gasteiger partial charge in [-0.3, -0.25) is 0 Å². The van der Waals surface area contributed by atoms with Crippen molar-refractivity contribution < 1.29 is 0 Å². The summed E-state index contributed by atoms with van der Waals surface area (Å²) < 4.78 is 0. The molecular formula is C17H22N4. The van der Waals surface area contributed by atoms with Crippen molar-refractivity contribution in [2.24, 2.45) is 0 Å². The fraction of sp³-hybridized carbons (Fsp3) is 0.412. The number of aryl methyl sites for hydroxylation is 1. The molecule has 0 saturated heterocycles. The quantitative estimate of drug-likeness (QED) is 0.901. The van der Waals surface area contributed by atoms with E-state index < -0.39 is 0 Å². The number of fused-ring (bicyclic) bond motifs is 1. The summed E-state index contributed by atoms with van der Waals surface area (Å²) >= 11 is 0. The molecule has 1 atom stereocenters. The Balaban J connectivity index is 1.90. The summed E-state index contributed by atoms with van der Waals surface area (Å²) in [7, 11) is 0. The number of nitrogen functional groups attached to an aromatic ring is 1. The van der Waals surface area contributed by atoms with Crippen LogP contribution in [0.1, 0.15) is 48.9 Å². The lowest BCUT2D eigenvalue weighted by Crippen LogP contribution is -2.19. The molecule has 110 valence electrons. The van der Waals surface area contributed by atoms with Crippen LogP contribution in [0.2, 0.25) is 0 Å². The van der Waals surface area contributed by atoms with E-state index in [4.69, 9.17) is 5.73 Å². The Bertz CT molecular complexity index is 624. The molecule has 3 rings (SSSR count). The van der Waals surface area contributed by atoms with Crippen molar-refractivity contribution in [2.45, 2.75) is 45.1 Å². The van der Waals surface area contributed by atoms with E-state index in [2.05, 4.69) is 46.5 Å². The first kappa shape index (κ1) is 13.9. The van der Waals surface area contributed by atoms with Crippen molar-refractivity contribution in [1.82, 2.24) is 9.97 Å². The molecule has 4 nitrogen and oxygen atoms in total. The molecule has 0 fully saturated rings. The minimum Gasteiger partial charge on any atom is -0.383 e. The molecule has 2 aromatic rings. The lowest BCUT2D eigenvalue weighted by molar-refractivity contribution is 0.597. The van der Waals surface area contributed by atoms with Gasteiger partial charge in [-0.2, -0.15) is 0 Å². The summed E-state index contributed by atoms with van der Waals surface area (Å²) in [5.41, 5.74) is 9.90. The van der Waals surface area contributed by atoms with Crippen LogP contribution in [0.25, 0.3) is 0 Å². The average Bonchev–Trinajstić information content (AvgIpc) is 2.51. The third-order valence-electron chi connectivity index (χ3n) is 4.16. The van der Waals surface area contributed by atoms with E-state index in [1.54, 1.807) is 6.33 Å². The second-order valence-corrected chi connectivity index (χ2v) is 5.62. The van der Waals surface area contributed by atoms with Crippen molar-refractivity contribution in [2.75, 3.05) is 11.1 Å². The number of nitrogens with zero attached hydrogens (tertiary/aromatic N) is 2. The van der Waals surface area contributed by atoms with Crippen LogP contribution >= 0.6 is 0 Å². The Hall–Kier alpha value is -2.10. The number of hydrogen-bond donors (Lipinski definition) is 2. The number of aromatic nitrogens is 2. The van der Waals surface area contributed by atoms with Crippen molar-refractivity contribution in [3.63, 3.8) is 0 Å². The van der Waals surface area contributed by atoms with E-state index in [-0.39, 0.29) is 0 Å². The molecule has 0 saturated carbocycles. The molecule has 0 amide bonds. The molecule has 21 heavy (non-hydrogen) atoms. The van der Waals surface area contributed by atoms with E-state index in [1.165, 1.54) is 24.0 Å². The number of anilines is 2. The molecule has 0 bridgehead atoms. The monoisotopic (exact) mass is 282 g/mol. The van der Waals surface area contributed by atoms with Crippen molar-refractivity contribution in [3.05, 3.63) is 47.3 Å². The number of nitrogens with one attached hydrogen (secondary N) is 1. The second kappa shape index (κ2) is 6.12. The zero-order valence-corrected chi connectivity index (χ0v) is 12.5. The standard InChI is InChI=1S/C17H22N4/c1-2-6-14-16(18)19-11-20-17(14)21-15-10-5-8-12-7-3-4-9-13(12)15/h3-4,7,9,11,15H,2,5-6,8,10H2,1H3,(H3,18,19,20,21). The van der Waals surface area contributed by atoms with Gasteiger partial charge in [-0.1, -0.05) is 37.6 Å². The van der Waals surface area contributed by atoms with Gasteiger partial charge in [-0.05, 0) is 36.8 Å². The Morgan fingerprint density at radius 1 is 1.29 bits per heavy atom. The average molecular weight is 282 g/mol. The Morgan fingerprint density at radius 3 is 3.00 bits per heavy atom. The second-order valence-electron chi connectivity index (χ2n) is 5.62. The van der Waals surface area contributed by atoms with Crippen LogP contribution in [0.15, 0.2) is 30.6 Å². The number of rotatable bonds is 4. The van der Waals surface area contributed by atoms with Gasteiger partial charge in [0.1, 0.15) is 18.0 Å².